The highest BCUT2D eigenvalue weighted by Crippen LogP contribution is 2.46. The number of benzene rings is 1. The molecule has 0 bridgehead atoms. The molecule has 0 unspecified atom stereocenters. The maximum absolute atomic E-state index is 11.6. The number of carbonyl (C=O) groups excluding carboxylic acids is 1. The summed E-state index contributed by atoms with van der Waals surface area (Å²) in [6.07, 6.45) is 0.910. The van der Waals surface area contributed by atoms with Crippen molar-refractivity contribution in [3.63, 3.8) is 0 Å². The number of rotatable bonds is 1. The summed E-state index contributed by atoms with van der Waals surface area (Å²) in [6.45, 7) is 1.58. The molecule has 0 aliphatic heterocycles. The Morgan fingerprint density at radius 3 is 2.88 bits per heavy atom. The zero-order valence-corrected chi connectivity index (χ0v) is 9.73. The molecule has 0 radical (unpaired) electrons. The first-order valence-electron chi connectivity index (χ1n) is 5.19. The van der Waals surface area contributed by atoms with Crippen LogP contribution in [-0.2, 0) is 6.42 Å². The second kappa shape index (κ2) is 3.19. The van der Waals surface area contributed by atoms with Gasteiger partial charge < -0.3 is 5.73 Å². The van der Waals surface area contributed by atoms with Crippen LogP contribution in [0.4, 0.5) is 5.00 Å². The van der Waals surface area contributed by atoms with Crippen molar-refractivity contribution in [2.75, 3.05) is 5.73 Å². The molecule has 0 saturated carbocycles. The van der Waals surface area contributed by atoms with Crippen molar-refractivity contribution in [2.45, 2.75) is 13.3 Å². The average molecular weight is 229 g/mol. The Hall–Kier alpha value is -1.61. The second-order valence-electron chi connectivity index (χ2n) is 4.03. The van der Waals surface area contributed by atoms with E-state index in [1.807, 2.05) is 12.1 Å². The van der Waals surface area contributed by atoms with Gasteiger partial charge in [-0.3, -0.25) is 4.79 Å². The third-order valence-electron chi connectivity index (χ3n) is 3.00. The normalized spacial score (nSPS) is 12.3. The minimum absolute atomic E-state index is 0.0618. The summed E-state index contributed by atoms with van der Waals surface area (Å²) < 4.78 is 0. The predicted molar refractivity (Wildman–Crippen MR) is 67.0 cm³/mol. The first kappa shape index (κ1) is 9.60. The minimum atomic E-state index is 0.0618. The molecular formula is C13H11NOS. The Bertz CT molecular complexity index is 598. The van der Waals surface area contributed by atoms with Crippen LogP contribution in [0.5, 0.6) is 0 Å². The van der Waals surface area contributed by atoms with Gasteiger partial charge in [-0.1, -0.05) is 24.3 Å². The first-order valence-corrected chi connectivity index (χ1v) is 6.00. The second-order valence-corrected chi connectivity index (χ2v) is 5.17. The summed E-state index contributed by atoms with van der Waals surface area (Å²) in [6, 6.07) is 8.22. The van der Waals surface area contributed by atoms with E-state index in [0.717, 1.165) is 12.0 Å². The van der Waals surface area contributed by atoms with E-state index in [1.165, 1.54) is 16.0 Å². The number of anilines is 1. The van der Waals surface area contributed by atoms with Gasteiger partial charge in [0.15, 0.2) is 5.78 Å². The number of nitrogen functional groups attached to an aromatic ring is 1. The van der Waals surface area contributed by atoms with Crippen LogP contribution in [-0.4, -0.2) is 5.78 Å². The van der Waals surface area contributed by atoms with E-state index in [2.05, 4.69) is 12.1 Å². The van der Waals surface area contributed by atoms with Crippen molar-refractivity contribution in [3.05, 3.63) is 40.3 Å². The molecule has 0 saturated heterocycles. The van der Waals surface area contributed by atoms with Gasteiger partial charge >= 0.3 is 0 Å². The van der Waals surface area contributed by atoms with Crippen LogP contribution in [0.2, 0.25) is 0 Å². The molecule has 0 spiro atoms. The van der Waals surface area contributed by atoms with Gasteiger partial charge in [0, 0.05) is 16.9 Å². The van der Waals surface area contributed by atoms with Gasteiger partial charge in [0.25, 0.3) is 0 Å². The van der Waals surface area contributed by atoms with Gasteiger partial charge in [0.05, 0.1) is 10.6 Å². The van der Waals surface area contributed by atoms with E-state index in [9.17, 15) is 4.79 Å². The highest BCUT2D eigenvalue weighted by Gasteiger charge is 2.27. The van der Waals surface area contributed by atoms with Crippen molar-refractivity contribution in [3.8, 4) is 11.1 Å². The fraction of sp³-hybridized carbons (Fsp3) is 0.154. The highest BCUT2D eigenvalue weighted by atomic mass is 32.1. The van der Waals surface area contributed by atoms with Crippen molar-refractivity contribution in [1.82, 2.24) is 0 Å². The molecule has 1 aliphatic carbocycles. The number of ketones is 1. The summed E-state index contributed by atoms with van der Waals surface area (Å²) >= 11 is 1.55. The van der Waals surface area contributed by atoms with Crippen LogP contribution in [0, 0.1) is 0 Å². The van der Waals surface area contributed by atoms with E-state index in [0.29, 0.717) is 10.6 Å². The minimum Gasteiger partial charge on any atom is -0.390 e. The highest BCUT2D eigenvalue weighted by molar-refractivity contribution is 7.17. The molecule has 3 rings (SSSR count). The van der Waals surface area contributed by atoms with Crippen LogP contribution < -0.4 is 5.73 Å². The Labute approximate surface area is 97.7 Å². The van der Waals surface area contributed by atoms with E-state index in [4.69, 9.17) is 5.73 Å². The number of carbonyl (C=O) groups is 1. The molecule has 0 fully saturated rings. The first-order chi connectivity index (χ1) is 7.68. The van der Waals surface area contributed by atoms with Crippen molar-refractivity contribution >= 4 is 22.1 Å². The molecule has 1 aliphatic rings. The lowest BCUT2D eigenvalue weighted by molar-refractivity contribution is 0.101. The van der Waals surface area contributed by atoms with Gasteiger partial charge in [-0.15, -0.1) is 11.3 Å². The lowest BCUT2D eigenvalue weighted by Crippen LogP contribution is -1.97. The molecule has 3 heteroatoms. The Morgan fingerprint density at radius 2 is 2.12 bits per heavy atom. The van der Waals surface area contributed by atoms with Gasteiger partial charge in [-0.25, -0.2) is 0 Å². The smallest absolute Gasteiger partial charge is 0.163 e. The molecule has 2 nitrogen and oxygen atoms in total. The van der Waals surface area contributed by atoms with Crippen molar-refractivity contribution < 1.29 is 4.79 Å². The fourth-order valence-electron chi connectivity index (χ4n) is 2.35. The lowest BCUT2D eigenvalue weighted by atomic mass is 10.0. The van der Waals surface area contributed by atoms with E-state index in [1.54, 1.807) is 18.3 Å². The average Bonchev–Trinajstić information content (AvgIpc) is 2.71. The summed E-state index contributed by atoms with van der Waals surface area (Å²) in [7, 11) is 0. The fourth-order valence-corrected chi connectivity index (χ4v) is 3.50. The van der Waals surface area contributed by atoms with Gasteiger partial charge in [0.1, 0.15) is 0 Å². The standard InChI is InChI=1S/C13H11NOS/c1-7(15)11-12-9-5-3-2-4-8(9)6-10(12)16-13(11)14/h2-5H,6,14H2,1H3. The number of hydrogen-bond donors (Lipinski definition) is 1. The van der Waals surface area contributed by atoms with Gasteiger partial charge in [-0.2, -0.15) is 0 Å². The van der Waals surface area contributed by atoms with Crippen LogP contribution in [0.1, 0.15) is 27.7 Å². The Balaban J connectivity index is 2.33. The molecular weight excluding hydrogens is 218 g/mol. The molecule has 80 valence electrons. The number of fused-ring (bicyclic) bond motifs is 3. The molecule has 0 atom stereocenters. The van der Waals surface area contributed by atoms with Crippen LogP contribution >= 0.6 is 11.3 Å². The van der Waals surface area contributed by atoms with E-state index >= 15 is 0 Å². The van der Waals surface area contributed by atoms with Crippen LogP contribution in [0.3, 0.4) is 0 Å². The molecule has 16 heavy (non-hydrogen) atoms. The zero-order valence-electron chi connectivity index (χ0n) is 8.91. The van der Waals surface area contributed by atoms with E-state index < -0.39 is 0 Å². The maximum Gasteiger partial charge on any atom is 0.163 e. The Kier molecular flexibility index (Phi) is 1.91. The number of thiophene rings is 1. The molecule has 1 aromatic heterocycles. The number of hydrogen-bond acceptors (Lipinski definition) is 3. The lowest BCUT2D eigenvalue weighted by Gasteiger charge is -2.02. The Morgan fingerprint density at radius 1 is 1.38 bits per heavy atom. The molecule has 1 heterocycles. The van der Waals surface area contributed by atoms with Gasteiger partial charge in [0.2, 0.25) is 0 Å². The largest absolute Gasteiger partial charge is 0.390 e. The predicted octanol–water partition coefficient (Wildman–Crippen LogP) is 3.10. The topological polar surface area (TPSA) is 43.1 Å². The van der Waals surface area contributed by atoms with Gasteiger partial charge in [-0.05, 0) is 18.1 Å². The number of Topliss-reactive ketones (excluding diaryl/α,β-unsaturated/α-hetero) is 1. The van der Waals surface area contributed by atoms with Crippen molar-refractivity contribution in [1.29, 1.82) is 0 Å². The van der Waals surface area contributed by atoms with Crippen LogP contribution in [0.15, 0.2) is 24.3 Å². The third-order valence-corrected chi connectivity index (χ3v) is 4.02. The third kappa shape index (κ3) is 1.15. The molecule has 1 aromatic carbocycles. The quantitative estimate of drug-likeness (QED) is 0.651. The van der Waals surface area contributed by atoms with Crippen LogP contribution in [0.25, 0.3) is 11.1 Å². The summed E-state index contributed by atoms with van der Waals surface area (Å²) in [5, 5.41) is 0.659. The molecule has 0 amide bonds. The number of nitrogens with two attached hydrogens (primary N) is 1. The monoisotopic (exact) mass is 229 g/mol. The molecule has 2 N–H and O–H groups in total. The zero-order chi connectivity index (χ0) is 11.3. The van der Waals surface area contributed by atoms with E-state index in [-0.39, 0.29) is 5.78 Å². The maximum atomic E-state index is 11.6. The summed E-state index contributed by atoms with van der Waals surface area (Å²) in [5.41, 5.74) is 10.2. The van der Waals surface area contributed by atoms with Crippen molar-refractivity contribution in [2.24, 2.45) is 0 Å². The summed E-state index contributed by atoms with van der Waals surface area (Å²) in [5.74, 6) is 0.0618. The SMILES string of the molecule is CC(=O)c1c(N)sc2c1-c1ccccc1C2. The summed E-state index contributed by atoms with van der Waals surface area (Å²) in [4.78, 5) is 12.8. The molecule has 2 aromatic rings.